The highest BCUT2D eigenvalue weighted by Gasteiger charge is 2.18. The summed E-state index contributed by atoms with van der Waals surface area (Å²) in [5.41, 5.74) is 2.25. The van der Waals surface area contributed by atoms with Gasteiger partial charge >= 0.3 is 0 Å². The van der Waals surface area contributed by atoms with Crippen LogP contribution in [0.15, 0.2) is 24.3 Å². The Morgan fingerprint density at radius 2 is 2.04 bits per heavy atom. The molecule has 23 heavy (non-hydrogen) atoms. The van der Waals surface area contributed by atoms with Gasteiger partial charge in [-0.05, 0) is 49.9 Å². The van der Waals surface area contributed by atoms with E-state index < -0.39 is 0 Å². The smallest absolute Gasteiger partial charge is 0.225 e. The van der Waals surface area contributed by atoms with E-state index in [1.165, 1.54) is 37.7 Å². The monoisotopic (exact) mass is 354 g/mol. The second-order valence-corrected chi connectivity index (χ2v) is 7.75. The normalized spacial score (nSPS) is 21.1. The van der Waals surface area contributed by atoms with Crippen molar-refractivity contribution in [3.63, 3.8) is 0 Å². The van der Waals surface area contributed by atoms with Crippen molar-refractivity contribution in [1.29, 1.82) is 0 Å². The van der Waals surface area contributed by atoms with E-state index in [0.717, 1.165) is 29.7 Å². The zero-order valence-electron chi connectivity index (χ0n) is 13.6. The van der Waals surface area contributed by atoms with Gasteiger partial charge in [0.25, 0.3) is 0 Å². The number of carbonyl (C=O) groups is 1. The van der Waals surface area contributed by atoms with E-state index in [2.05, 4.69) is 34.5 Å². The molecule has 2 N–H and O–H groups in total. The maximum absolute atomic E-state index is 12.1. The predicted molar refractivity (Wildman–Crippen MR) is 102 cm³/mol. The van der Waals surface area contributed by atoms with Crippen LogP contribution >= 0.6 is 24.2 Å². The first kappa shape index (κ1) is 18.6. The lowest BCUT2D eigenvalue weighted by molar-refractivity contribution is -0.116. The maximum atomic E-state index is 12.1. The number of thioether (sulfide) groups is 1. The van der Waals surface area contributed by atoms with Gasteiger partial charge in [-0.3, -0.25) is 4.79 Å². The molecule has 0 bridgehead atoms. The van der Waals surface area contributed by atoms with Crippen LogP contribution in [0.3, 0.4) is 0 Å². The van der Waals surface area contributed by atoms with Crippen molar-refractivity contribution < 1.29 is 4.79 Å². The molecule has 1 amide bonds. The van der Waals surface area contributed by atoms with E-state index in [1.807, 2.05) is 12.1 Å². The van der Waals surface area contributed by atoms with Gasteiger partial charge in [0.1, 0.15) is 0 Å². The summed E-state index contributed by atoms with van der Waals surface area (Å²) < 4.78 is 0. The molecule has 1 aliphatic heterocycles. The summed E-state index contributed by atoms with van der Waals surface area (Å²) in [5, 5.41) is 7.26. The number of rotatable bonds is 6. The largest absolute Gasteiger partial charge is 0.326 e. The highest BCUT2D eigenvalue weighted by Crippen LogP contribution is 2.31. The van der Waals surface area contributed by atoms with Gasteiger partial charge in [0, 0.05) is 29.2 Å². The van der Waals surface area contributed by atoms with Crippen molar-refractivity contribution in [3.05, 3.63) is 29.8 Å². The summed E-state index contributed by atoms with van der Waals surface area (Å²) in [6.45, 7) is 1.05. The Labute approximate surface area is 149 Å². The van der Waals surface area contributed by atoms with E-state index in [4.69, 9.17) is 0 Å². The number of hydrogen-bond donors (Lipinski definition) is 2. The Kier molecular flexibility index (Phi) is 7.74. The lowest BCUT2D eigenvalue weighted by Crippen LogP contribution is -2.27. The van der Waals surface area contributed by atoms with Gasteiger partial charge in [-0.2, -0.15) is 11.8 Å². The molecular formula is C18H27ClN2OS. The summed E-state index contributed by atoms with van der Waals surface area (Å²) in [4.78, 5) is 12.1. The second-order valence-electron chi connectivity index (χ2n) is 6.46. The molecule has 0 aromatic heterocycles. The predicted octanol–water partition coefficient (Wildman–Crippen LogP) is 4.36. The van der Waals surface area contributed by atoms with Crippen LogP contribution < -0.4 is 10.6 Å². The third-order valence-electron chi connectivity index (χ3n) is 4.59. The van der Waals surface area contributed by atoms with Crippen molar-refractivity contribution in [1.82, 2.24) is 5.32 Å². The molecule has 3 nitrogen and oxygen atoms in total. The molecule has 0 spiro atoms. The molecule has 128 valence electrons. The SMILES string of the molecule is Cl.O=C(CC1CCCN1)Nc1cccc(CSC2CCCC2)c1. The molecule has 5 heteroatoms. The van der Waals surface area contributed by atoms with E-state index >= 15 is 0 Å². The van der Waals surface area contributed by atoms with Gasteiger partial charge < -0.3 is 10.6 Å². The number of halogens is 1. The van der Waals surface area contributed by atoms with Gasteiger partial charge in [0.05, 0.1) is 0 Å². The van der Waals surface area contributed by atoms with Crippen LogP contribution in [0.1, 0.15) is 50.5 Å². The lowest BCUT2D eigenvalue weighted by atomic mass is 10.1. The van der Waals surface area contributed by atoms with Crippen LogP contribution in [0.2, 0.25) is 0 Å². The Bertz CT molecular complexity index is 500. The molecule has 1 unspecified atom stereocenters. The highest BCUT2D eigenvalue weighted by molar-refractivity contribution is 7.99. The third-order valence-corrected chi connectivity index (χ3v) is 6.04. The molecule has 1 atom stereocenters. The zero-order chi connectivity index (χ0) is 15.2. The van der Waals surface area contributed by atoms with Gasteiger partial charge in [0.15, 0.2) is 0 Å². The third kappa shape index (κ3) is 6.02. The van der Waals surface area contributed by atoms with Gasteiger partial charge in [-0.25, -0.2) is 0 Å². The summed E-state index contributed by atoms with van der Waals surface area (Å²) in [6.07, 6.45) is 8.41. The van der Waals surface area contributed by atoms with Crippen molar-refractivity contribution in [3.8, 4) is 0 Å². The molecule has 2 aliphatic rings. The number of amides is 1. The number of carbonyl (C=O) groups excluding carboxylic acids is 1. The van der Waals surface area contributed by atoms with E-state index in [0.29, 0.717) is 12.5 Å². The Hall–Kier alpha value is -0.710. The number of nitrogens with one attached hydrogen (secondary N) is 2. The first-order chi connectivity index (χ1) is 10.8. The van der Waals surface area contributed by atoms with Crippen molar-refractivity contribution in [2.75, 3.05) is 11.9 Å². The minimum absolute atomic E-state index is 0. The molecule has 1 aromatic rings. The summed E-state index contributed by atoms with van der Waals surface area (Å²) >= 11 is 2.07. The number of hydrogen-bond acceptors (Lipinski definition) is 3. The Balaban J connectivity index is 0.00000192. The highest BCUT2D eigenvalue weighted by atomic mass is 35.5. The fourth-order valence-electron chi connectivity index (χ4n) is 3.37. The van der Waals surface area contributed by atoms with E-state index in [9.17, 15) is 4.79 Å². The van der Waals surface area contributed by atoms with E-state index in [1.54, 1.807) is 0 Å². The molecule has 1 aromatic carbocycles. The molecular weight excluding hydrogens is 328 g/mol. The fraction of sp³-hybridized carbons (Fsp3) is 0.611. The van der Waals surface area contributed by atoms with Gasteiger partial charge in [-0.15, -0.1) is 12.4 Å². The minimum Gasteiger partial charge on any atom is -0.326 e. The topological polar surface area (TPSA) is 41.1 Å². The standard InChI is InChI=1S/C18H26N2OS.ClH/c21-18(12-15-7-4-10-19-15)20-16-6-3-5-14(11-16)13-22-17-8-1-2-9-17;/h3,5-6,11,15,17,19H,1-2,4,7-10,12-13H2,(H,20,21);1H. The number of anilines is 1. The quantitative estimate of drug-likeness (QED) is 0.797. The van der Waals surface area contributed by atoms with Crippen molar-refractivity contribution in [2.45, 2.75) is 62.0 Å². The van der Waals surface area contributed by atoms with Crippen molar-refractivity contribution >= 4 is 35.8 Å². The maximum Gasteiger partial charge on any atom is 0.225 e. The molecule has 1 saturated carbocycles. The van der Waals surface area contributed by atoms with E-state index in [-0.39, 0.29) is 18.3 Å². The minimum atomic E-state index is 0. The fourth-order valence-corrected chi connectivity index (χ4v) is 4.65. The van der Waals surface area contributed by atoms with Gasteiger partial charge in [0.2, 0.25) is 5.91 Å². The van der Waals surface area contributed by atoms with Crippen LogP contribution in [0, 0.1) is 0 Å². The molecule has 0 radical (unpaired) electrons. The van der Waals surface area contributed by atoms with Crippen LogP contribution in [-0.4, -0.2) is 23.7 Å². The Morgan fingerprint density at radius 3 is 2.78 bits per heavy atom. The molecule has 1 saturated heterocycles. The van der Waals surface area contributed by atoms with Crippen molar-refractivity contribution in [2.24, 2.45) is 0 Å². The molecule has 3 rings (SSSR count). The first-order valence-electron chi connectivity index (χ1n) is 8.53. The second kappa shape index (κ2) is 9.55. The van der Waals surface area contributed by atoms with Crippen LogP contribution in [0.5, 0.6) is 0 Å². The lowest BCUT2D eigenvalue weighted by Gasteiger charge is -2.12. The average Bonchev–Trinajstić information content (AvgIpc) is 3.18. The number of benzene rings is 1. The summed E-state index contributed by atoms with van der Waals surface area (Å²) in [5.74, 6) is 1.18. The molecule has 2 fully saturated rings. The van der Waals surface area contributed by atoms with Crippen LogP contribution in [0.4, 0.5) is 5.69 Å². The summed E-state index contributed by atoms with van der Waals surface area (Å²) in [6, 6.07) is 8.69. The average molecular weight is 355 g/mol. The first-order valence-corrected chi connectivity index (χ1v) is 9.58. The zero-order valence-corrected chi connectivity index (χ0v) is 15.2. The molecule has 1 aliphatic carbocycles. The Morgan fingerprint density at radius 1 is 1.22 bits per heavy atom. The van der Waals surface area contributed by atoms with Crippen LogP contribution in [0.25, 0.3) is 0 Å². The van der Waals surface area contributed by atoms with Crippen LogP contribution in [-0.2, 0) is 10.5 Å². The summed E-state index contributed by atoms with van der Waals surface area (Å²) in [7, 11) is 0. The molecule has 1 heterocycles. The van der Waals surface area contributed by atoms with Gasteiger partial charge in [-0.1, -0.05) is 25.0 Å².